The number of rotatable bonds is 7. The van der Waals surface area contributed by atoms with Gasteiger partial charge in [0.15, 0.2) is 0 Å². The van der Waals surface area contributed by atoms with Crippen molar-refractivity contribution in [3.05, 3.63) is 12.3 Å². The summed E-state index contributed by atoms with van der Waals surface area (Å²) in [6.45, 7) is 8.16. The molecule has 1 aromatic heterocycles. The van der Waals surface area contributed by atoms with Crippen molar-refractivity contribution < 1.29 is 9.84 Å². The van der Waals surface area contributed by atoms with Crippen molar-refractivity contribution in [1.29, 1.82) is 0 Å². The SMILES string of the molecule is CCC(C)(CCO)Nc1nccc(OC(C)C)n1. The Hall–Kier alpha value is -1.36. The monoisotopic (exact) mass is 253 g/mol. The molecular formula is C13H23N3O2. The molecule has 0 amide bonds. The third-order valence-electron chi connectivity index (χ3n) is 2.84. The van der Waals surface area contributed by atoms with Gasteiger partial charge in [-0.25, -0.2) is 4.98 Å². The van der Waals surface area contributed by atoms with Crippen LogP contribution in [0.5, 0.6) is 5.88 Å². The summed E-state index contributed by atoms with van der Waals surface area (Å²) in [4.78, 5) is 8.48. The molecule has 1 atom stereocenters. The van der Waals surface area contributed by atoms with Crippen molar-refractivity contribution in [2.75, 3.05) is 11.9 Å². The van der Waals surface area contributed by atoms with Gasteiger partial charge in [-0.3, -0.25) is 0 Å². The fourth-order valence-corrected chi connectivity index (χ4v) is 1.55. The van der Waals surface area contributed by atoms with Crippen LogP contribution in [0.3, 0.4) is 0 Å². The van der Waals surface area contributed by atoms with Crippen molar-refractivity contribution >= 4 is 5.95 Å². The zero-order chi connectivity index (χ0) is 13.6. The molecule has 18 heavy (non-hydrogen) atoms. The largest absolute Gasteiger partial charge is 0.475 e. The molecule has 0 aliphatic heterocycles. The van der Waals surface area contributed by atoms with E-state index in [0.29, 0.717) is 18.2 Å². The number of aromatic nitrogens is 2. The van der Waals surface area contributed by atoms with Gasteiger partial charge in [-0.05, 0) is 33.6 Å². The first-order valence-corrected chi connectivity index (χ1v) is 6.38. The van der Waals surface area contributed by atoms with E-state index in [0.717, 1.165) is 6.42 Å². The number of hydrogen-bond acceptors (Lipinski definition) is 5. The quantitative estimate of drug-likeness (QED) is 0.780. The van der Waals surface area contributed by atoms with Gasteiger partial charge in [-0.2, -0.15) is 4.98 Å². The van der Waals surface area contributed by atoms with Crippen LogP contribution < -0.4 is 10.1 Å². The maximum Gasteiger partial charge on any atom is 0.226 e. The summed E-state index contributed by atoms with van der Waals surface area (Å²) in [6.07, 6.45) is 3.29. The highest BCUT2D eigenvalue weighted by Crippen LogP contribution is 2.20. The first-order valence-electron chi connectivity index (χ1n) is 6.38. The van der Waals surface area contributed by atoms with E-state index in [4.69, 9.17) is 9.84 Å². The molecule has 0 saturated carbocycles. The smallest absolute Gasteiger partial charge is 0.226 e. The number of nitrogens with zero attached hydrogens (tertiary/aromatic N) is 2. The molecule has 2 N–H and O–H groups in total. The second-order valence-electron chi connectivity index (χ2n) is 4.90. The van der Waals surface area contributed by atoms with Crippen LogP contribution in [-0.2, 0) is 0 Å². The molecule has 0 fully saturated rings. The Morgan fingerprint density at radius 2 is 2.22 bits per heavy atom. The first kappa shape index (κ1) is 14.7. The van der Waals surface area contributed by atoms with Crippen LogP contribution in [0, 0.1) is 0 Å². The highest BCUT2D eigenvalue weighted by molar-refractivity contribution is 5.31. The van der Waals surface area contributed by atoms with E-state index in [1.54, 1.807) is 12.3 Å². The number of nitrogens with one attached hydrogen (secondary N) is 1. The van der Waals surface area contributed by atoms with E-state index in [9.17, 15) is 0 Å². The molecule has 1 rings (SSSR count). The summed E-state index contributed by atoms with van der Waals surface area (Å²) in [5, 5.41) is 12.3. The number of anilines is 1. The molecule has 1 heterocycles. The van der Waals surface area contributed by atoms with E-state index >= 15 is 0 Å². The summed E-state index contributed by atoms with van der Waals surface area (Å²) in [5.41, 5.74) is -0.203. The summed E-state index contributed by atoms with van der Waals surface area (Å²) in [7, 11) is 0. The van der Waals surface area contributed by atoms with Crippen molar-refractivity contribution in [2.45, 2.75) is 52.2 Å². The molecule has 5 heteroatoms. The summed E-state index contributed by atoms with van der Waals surface area (Å²) in [5.74, 6) is 1.09. The second kappa shape index (κ2) is 6.54. The lowest BCUT2D eigenvalue weighted by Gasteiger charge is -2.29. The number of aliphatic hydroxyl groups excluding tert-OH is 1. The van der Waals surface area contributed by atoms with Gasteiger partial charge in [0.25, 0.3) is 0 Å². The van der Waals surface area contributed by atoms with Gasteiger partial charge in [-0.1, -0.05) is 6.92 Å². The van der Waals surface area contributed by atoms with Crippen molar-refractivity contribution in [3.63, 3.8) is 0 Å². The van der Waals surface area contributed by atoms with Gasteiger partial charge >= 0.3 is 0 Å². The van der Waals surface area contributed by atoms with Crippen LogP contribution >= 0.6 is 0 Å². The second-order valence-corrected chi connectivity index (χ2v) is 4.90. The molecule has 102 valence electrons. The Morgan fingerprint density at radius 1 is 1.50 bits per heavy atom. The molecule has 0 aliphatic carbocycles. The third-order valence-corrected chi connectivity index (χ3v) is 2.84. The Bertz CT molecular complexity index is 371. The topological polar surface area (TPSA) is 67.3 Å². The van der Waals surface area contributed by atoms with Crippen molar-refractivity contribution in [1.82, 2.24) is 9.97 Å². The summed E-state index contributed by atoms with van der Waals surface area (Å²) >= 11 is 0. The standard InChI is InChI=1S/C13H23N3O2/c1-5-13(4,7-9-17)16-12-14-8-6-11(15-12)18-10(2)3/h6,8,10,17H,5,7,9H2,1-4H3,(H,14,15,16). The fourth-order valence-electron chi connectivity index (χ4n) is 1.55. The average Bonchev–Trinajstić information content (AvgIpc) is 2.28. The molecular weight excluding hydrogens is 230 g/mol. The lowest BCUT2D eigenvalue weighted by atomic mass is 9.95. The highest BCUT2D eigenvalue weighted by atomic mass is 16.5. The van der Waals surface area contributed by atoms with Gasteiger partial charge < -0.3 is 15.2 Å². The van der Waals surface area contributed by atoms with Crippen molar-refractivity contribution in [2.24, 2.45) is 0 Å². The van der Waals surface area contributed by atoms with Crippen molar-refractivity contribution in [3.8, 4) is 5.88 Å². The Kier molecular flexibility index (Phi) is 5.34. The average molecular weight is 253 g/mol. The lowest BCUT2D eigenvalue weighted by Crippen LogP contribution is -2.35. The third kappa shape index (κ3) is 4.49. The minimum atomic E-state index is -0.203. The van der Waals surface area contributed by atoms with Crippen LogP contribution in [0.15, 0.2) is 12.3 Å². The first-order chi connectivity index (χ1) is 8.49. The minimum Gasteiger partial charge on any atom is -0.475 e. The van der Waals surface area contributed by atoms with E-state index in [-0.39, 0.29) is 18.2 Å². The highest BCUT2D eigenvalue weighted by Gasteiger charge is 2.22. The molecule has 1 unspecified atom stereocenters. The van der Waals surface area contributed by atoms with E-state index in [1.807, 2.05) is 20.8 Å². The number of hydrogen-bond donors (Lipinski definition) is 2. The molecule has 0 spiro atoms. The van der Waals surface area contributed by atoms with Gasteiger partial charge in [0.05, 0.1) is 6.10 Å². The predicted molar refractivity (Wildman–Crippen MR) is 71.8 cm³/mol. The maximum absolute atomic E-state index is 9.08. The molecule has 0 bridgehead atoms. The van der Waals surface area contributed by atoms with E-state index in [2.05, 4.69) is 22.2 Å². The Morgan fingerprint density at radius 3 is 2.78 bits per heavy atom. The van der Waals surface area contributed by atoms with Crippen LogP contribution in [-0.4, -0.2) is 33.3 Å². The van der Waals surface area contributed by atoms with E-state index in [1.165, 1.54) is 0 Å². The molecule has 0 aromatic carbocycles. The normalized spacial score (nSPS) is 14.3. The molecule has 0 aliphatic rings. The number of ether oxygens (including phenoxy) is 1. The van der Waals surface area contributed by atoms with Crippen LogP contribution in [0.25, 0.3) is 0 Å². The summed E-state index contributed by atoms with van der Waals surface area (Å²) in [6, 6.07) is 1.74. The van der Waals surface area contributed by atoms with Gasteiger partial charge in [-0.15, -0.1) is 0 Å². The number of aliphatic hydroxyl groups is 1. The fraction of sp³-hybridized carbons (Fsp3) is 0.692. The van der Waals surface area contributed by atoms with Crippen LogP contribution in [0.1, 0.15) is 40.5 Å². The Balaban J connectivity index is 2.77. The van der Waals surface area contributed by atoms with Gasteiger partial charge in [0.2, 0.25) is 11.8 Å². The zero-order valence-corrected chi connectivity index (χ0v) is 11.6. The predicted octanol–water partition coefficient (Wildman–Crippen LogP) is 2.23. The minimum absolute atomic E-state index is 0.0859. The molecule has 1 aromatic rings. The molecule has 0 saturated heterocycles. The summed E-state index contributed by atoms with van der Waals surface area (Å²) < 4.78 is 5.52. The zero-order valence-electron chi connectivity index (χ0n) is 11.6. The van der Waals surface area contributed by atoms with Gasteiger partial charge in [0, 0.05) is 24.4 Å². The van der Waals surface area contributed by atoms with E-state index < -0.39 is 0 Å². The van der Waals surface area contributed by atoms with Gasteiger partial charge in [0.1, 0.15) is 0 Å². The van der Waals surface area contributed by atoms with Crippen LogP contribution in [0.2, 0.25) is 0 Å². The molecule has 0 radical (unpaired) electrons. The van der Waals surface area contributed by atoms with Crippen LogP contribution in [0.4, 0.5) is 5.95 Å². The maximum atomic E-state index is 9.08. The Labute approximate surface area is 109 Å². The lowest BCUT2D eigenvalue weighted by molar-refractivity contribution is 0.232. The molecule has 5 nitrogen and oxygen atoms in total.